The Morgan fingerprint density at radius 1 is 0.730 bits per heavy atom. The minimum Gasteiger partial charge on any atom is -0.279 e. The molecule has 1 saturated heterocycles. The SMILES string of the molecule is CC1(C)C(=O)N(c2ccccc2)C2=C(c3ccc(C(F)(F)F)cc3)N=NC21c1ccc(C(F)(F)F)cc1. The Bertz CT molecular complexity index is 1420. The molecule has 0 aromatic heterocycles. The number of para-hydroxylation sites is 1. The van der Waals surface area contributed by atoms with E-state index in [0.29, 0.717) is 11.3 Å². The second kappa shape index (κ2) is 8.03. The molecular weight excluding hydrogens is 496 g/mol. The highest BCUT2D eigenvalue weighted by Gasteiger charge is 2.66. The predicted octanol–water partition coefficient (Wildman–Crippen LogP) is 7.83. The van der Waals surface area contributed by atoms with E-state index in [4.69, 9.17) is 0 Å². The molecule has 0 spiro atoms. The largest absolute Gasteiger partial charge is 0.416 e. The van der Waals surface area contributed by atoms with Crippen molar-refractivity contribution < 1.29 is 31.1 Å². The van der Waals surface area contributed by atoms with E-state index in [1.54, 1.807) is 44.2 Å². The number of anilines is 1. The van der Waals surface area contributed by atoms with Gasteiger partial charge in [0.05, 0.1) is 22.2 Å². The van der Waals surface area contributed by atoms with Crippen molar-refractivity contribution in [3.8, 4) is 0 Å². The first kappa shape index (κ1) is 24.7. The maximum atomic E-state index is 13.9. The summed E-state index contributed by atoms with van der Waals surface area (Å²) in [6, 6.07) is 17.2. The Kier molecular flexibility index (Phi) is 5.36. The van der Waals surface area contributed by atoms with Crippen molar-refractivity contribution in [2.24, 2.45) is 15.6 Å². The third kappa shape index (κ3) is 3.65. The van der Waals surface area contributed by atoms with Crippen molar-refractivity contribution in [3.05, 3.63) is 107 Å². The van der Waals surface area contributed by atoms with Crippen LogP contribution in [0.1, 0.15) is 36.1 Å². The predicted molar refractivity (Wildman–Crippen MR) is 124 cm³/mol. The Balaban J connectivity index is 1.77. The van der Waals surface area contributed by atoms with Crippen molar-refractivity contribution in [3.63, 3.8) is 0 Å². The van der Waals surface area contributed by atoms with Crippen molar-refractivity contribution in [1.29, 1.82) is 0 Å². The summed E-state index contributed by atoms with van der Waals surface area (Å²) < 4.78 is 79.3. The van der Waals surface area contributed by atoms with Crippen LogP contribution in [0.3, 0.4) is 0 Å². The van der Waals surface area contributed by atoms with Gasteiger partial charge in [0.1, 0.15) is 5.70 Å². The van der Waals surface area contributed by atoms with Gasteiger partial charge in [0.2, 0.25) is 5.91 Å². The van der Waals surface area contributed by atoms with Gasteiger partial charge in [-0.05, 0) is 55.8 Å². The Labute approximate surface area is 207 Å². The molecule has 0 saturated carbocycles. The molecular formula is C27H19F6N3O. The maximum absolute atomic E-state index is 13.9. The van der Waals surface area contributed by atoms with Gasteiger partial charge >= 0.3 is 12.4 Å². The first-order valence-electron chi connectivity index (χ1n) is 11.2. The van der Waals surface area contributed by atoms with Gasteiger partial charge in [-0.3, -0.25) is 9.69 Å². The average Bonchev–Trinajstić information content (AvgIpc) is 3.32. The summed E-state index contributed by atoms with van der Waals surface area (Å²) in [4.78, 5) is 15.3. The van der Waals surface area contributed by atoms with Crippen LogP contribution in [0.5, 0.6) is 0 Å². The molecule has 190 valence electrons. The van der Waals surface area contributed by atoms with E-state index in [1.807, 2.05) is 0 Å². The number of amides is 1. The smallest absolute Gasteiger partial charge is 0.279 e. The third-order valence-corrected chi connectivity index (χ3v) is 6.86. The Morgan fingerprint density at radius 3 is 1.76 bits per heavy atom. The number of benzene rings is 3. The molecule has 2 aliphatic heterocycles. The van der Waals surface area contributed by atoms with Gasteiger partial charge in [-0.2, -0.15) is 36.6 Å². The molecule has 1 atom stereocenters. The number of halogens is 6. The highest BCUT2D eigenvalue weighted by molar-refractivity contribution is 6.09. The molecule has 10 heteroatoms. The summed E-state index contributed by atoms with van der Waals surface area (Å²) in [5, 5.41) is 8.80. The summed E-state index contributed by atoms with van der Waals surface area (Å²) in [5.74, 6) is -0.378. The van der Waals surface area contributed by atoms with Crippen LogP contribution in [0.2, 0.25) is 0 Å². The average molecular weight is 515 g/mol. The summed E-state index contributed by atoms with van der Waals surface area (Å²) in [7, 11) is 0. The standard InChI is InChI=1S/C27H19F6N3O/c1-24(2)23(37)36(20-6-4-3-5-7-20)22-21(16-8-10-18(11-9-16)26(28,29)30)34-35-25(22,24)17-12-14-19(15-13-17)27(31,32)33/h3-15H,1-2H3. The summed E-state index contributed by atoms with van der Waals surface area (Å²) in [6.07, 6.45) is -9.10. The number of rotatable bonds is 3. The first-order chi connectivity index (χ1) is 17.3. The van der Waals surface area contributed by atoms with Crippen LogP contribution in [0.15, 0.2) is 94.8 Å². The fourth-order valence-corrected chi connectivity index (χ4v) is 4.91. The minimum atomic E-state index is -4.56. The zero-order valence-electron chi connectivity index (χ0n) is 19.5. The lowest BCUT2D eigenvalue weighted by Gasteiger charge is -2.33. The molecule has 1 unspecified atom stereocenters. The number of azo groups is 1. The van der Waals surface area contributed by atoms with E-state index in [9.17, 15) is 31.1 Å². The highest BCUT2D eigenvalue weighted by Crippen LogP contribution is 2.62. The van der Waals surface area contributed by atoms with E-state index in [2.05, 4.69) is 10.2 Å². The Morgan fingerprint density at radius 2 is 1.24 bits per heavy atom. The first-order valence-corrected chi connectivity index (χ1v) is 11.2. The number of carbonyl (C=O) groups is 1. The molecule has 1 fully saturated rings. The molecule has 3 aromatic rings. The van der Waals surface area contributed by atoms with Crippen LogP contribution in [0.25, 0.3) is 5.70 Å². The molecule has 0 radical (unpaired) electrons. The zero-order valence-corrected chi connectivity index (χ0v) is 19.5. The molecule has 3 aromatic carbocycles. The molecule has 4 nitrogen and oxygen atoms in total. The van der Waals surface area contributed by atoms with Gasteiger partial charge in [-0.25, -0.2) is 0 Å². The molecule has 37 heavy (non-hydrogen) atoms. The molecule has 5 rings (SSSR count). The summed E-state index contributed by atoms with van der Waals surface area (Å²) in [5.41, 5.74) is -3.03. The number of fused-ring (bicyclic) bond motifs is 1. The molecule has 0 aliphatic carbocycles. The van der Waals surface area contributed by atoms with E-state index < -0.39 is 34.4 Å². The highest BCUT2D eigenvalue weighted by atomic mass is 19.4. The van der Waals surface area contributed by atoms with Gasteiger partial charge in [0.15, 0.2) is 5.54 Å². The van der Waals surface area contributed by atoms with Crippen LogP contribution >= 0.6 is 0 Å². The second-order valence-electron chi connectivity index (χ2n) is 9.36. The van der Waals surface area contributed by atoms with E-state index in [1.165, 1.54) is 29.2 Å². The lowest BCUT2D eigenvalue weighted by atomic mass is 9.69. The van der Waals surface area contributed by atoms with Crippen LogP contribution in [-0.4, -0.2) is 5.91 Å². The fourth-order valence-electron chi connectivity index (χ4n) is 4.91. The summed E-state index contributed by atoms with van der Waals surface area (Å²) >= 11 is 0. The monoisotopic (exact) mass is 515 g/mol. The van der Waals surface area contributed by atoms with Crippen LogP contribution in [0.4, 0.5) is 32.0 Å². The third-order valence-electron chi connectivity index (χ3n) is 6.86. The van der Waals surface area contributed by atoms with Gasteiger partial charge in [-0.1, -0.05) is 42.5 Å². The topological polar surface area (TPSA) is 45.0 Å². The van der Waals surface area contributed by atoms with Crippen molar-refractivity contribution >= 4 is 17.3 Å². The normalized spacial score (nSPS) is 21.1. The van der Waals surface area contributed by atoms with Crippen LogP contribution < -0.4 is 4.90 Å². The van der Waals surface area contributed by atoms with E-state index >= 15 is 0 Å². The van der Waals surface area contributed by atoms with Gasteiger partial charge < -0.3 is 0 Å². The van der Waals surface area contributed by atoms with Crippen molar-refractivity contribution in [2.75, 3.05) is 4.90 Å². The number of carbonyl (C=O) groups excluding carboxylic acids is 1. The molecule has 0 N–H and O–H groups in total. The van der Waals surface area contributed by atoms with Gasteiger partial charge in [0, 0.05) is 11.3 Å². The lowest BCUT2D eigenvalue weighted by Crippen LogP contribution is -2.39. The van der Waals surface area contributed by atoms with Crippen LogP contribution in [0, 0.1) is 5.41 Å². The summed E-state index contributed by atoms with van der Waals surface area (Å²) in [6.45, 7) is 3.26. The molecule has 2 aliphatic rings. The fraction of sp³-hybridized carbons (Fsp3) is 0.222. The van der Waals surface area contributed by atoms with Crippen molar-refractivity contribution in [2.45, 2.75) is 31.7 Å². The number of hydrogen-bond donors (Lipinski definition) is 0. The zero-order chi connectivity index (χ0) is 26.8. The Hall–Kier alpha value is -3.95. The number of nitrogens with zero attached hydrogens (tertiary/aromatic N) is 3. The maximum Gasteiger partial charge on any atom is 0.416 e. The van der Waals surface area contributed by atoms with E-state index in [0.717, 1.165) is 24.3 Å². The van der Waals surface area contributed by atoms with Crippen molar-refractivity contribution in [1.82, 2.24) is 0 Å². The molecule has 0 bridgehead atoms. The molecule has 1 amide bonds. The van der Waals surface area contributed by atoms with E-state index in [-0.39, 0.29) is 22.9 Å². The lowest BCUT2D eigenvalue weighted by molar-refractivity contribution is -0.138. The quantitative estimate of drug-likeness (QED) is 0.328. The number of alkyl halides is 6. The van der Waals surface area contributed by atoms with Gasteiger partial charge in [-0.15, -0.1) is 0 Å². The minimum absolute atomic E-state index is 0.163. The number of hydrogen-bond acceptors (Lipinski definition) is 3. The second-order valence-corrected chi connectivity index (χ2v) is 9.36. The van der Waals surface area contributed by atoms with Gasteiger partial charge in [0.25, 0.3) is 0 Å². The van der Waals surface area contributed by atoms with Crippen LogP contribution in [-0.2, 0) is 22.7 Å². The molecule has 2 heterocycles.